The van der Waals surface area contributed by atoms with Crippen molar-refractivity contribution in [1.29, 1.82) is 0 Å². The van der Waals surface area contributed by atoms with Gasteiger partial charge in [0.15, 0.2) is 5.82 Å². The van der Waals surface area contributed by atoms with E-state index in [0.29, 0.717) is 24.4 Å². The molecule has 2 aliphatic heterocycles. The lowest BCUT2D eigenvalue weighted by atomic mass is 10.1. The Morgan fingerprint density at radius 2 is 1.62 bits per heavy atom. The summed E-state index contributed by atoms with van der Waals surface area (Å²) in [6.45, 7) is 2.12. The summed E-state index contributed by atoms with van der Waals surface area (Å²) in [5.74, 6) is 2.38. The SMILES string of the molecule is CCCc1ccc(Cc2nc3c(Cc4ccccc4)[nH]c(-c4ccccc4)cn-3c2=O)o1. The first-order chi connectivity index (χ1) is 15.7. The van der Waals surface area contributed by atoms with Crippen LogP contribution in [-0.4, -0.2) is 14.5 Å². The number of aromatic nitrogens is 3. The molecular weight excluding hydrogens is 398 g/mol. The molecule has 0 bridgehead atoms. The summed E-state index contributed by atoms with van der Waals surface area (Å²) in [6.07, 6.45) is 4.81. The van der Waals surface area contributed by atoms with Crippen molar-refractivity contribution in [2.75, 3.05) is 0 Å². The Bertz CT molecular complexity index is 1350. The molecule has 0 atom stereocenters. The van der Waals surface area contributed by atoms with E-state index in [-0.39, 0.29) is 5.56 Å². The van der Waals surface area contributed by atoms with E-state index < -0.39 is 0 Å². The summed E-state index contributed by atoms with van der Waals surface area (Å²) >= 11 is 0. The van der Waals surface area contributed by atoms with E-state index in [2.05, 4.69) is 24.0 Å². The maximum atomic E-state index is 13.3. The van der Waals surface area contributed by atoms with Gasteiger partial charge >= 0.3 is 0 Å². The summed E-state index contributed by atoms with van der Waals surface area (Å²) in [5.41, 5.74) is 4.36. The number of H-pyrrole nitrogens is 1. The Morgan fingerprint density at radius 3 is 2.38 bits per heavy atom. The molecular formula is C27H25N3O2. The van der Waals surface area contributed by atoms with Crippen LogP contribution in [0.3, 0.4) is 0 Å². The van der Waals surface area contributed by atoms with Crippen LogP contribution in [0.25, 0.3) is 17.1 Å². The van der Waals surface area contributed by atoms with Gasteiger partial charge in [-0.3, -0.25) is 9.36 Å². The smallest absolute Gasteiger partial charge is 0.278 e. The lowest BCUT2D eigenvalue weighted by molar-refractivity contribution is 0.469. The van der Waals surface area contributed by atoms with E-state index >= 15 is 0 Å². The number of imidazole rings is 1. The number of fused-ring (bicyclic) bond motifs is 1. The van der Waals surface area contributed by atoms with Gasteiger partial charge in [-0.1, -0.05) is 67.6 Å². The maximum absolute atomic E-state index is 13.3. The van der Waals surface area contributed by atoms with Gasteiger partial charge in [-0.15, -0.1) is 0 Å². The van der Waals surface area contributed by atoms with Crippen LogP contribution in [0, 0.1) is 0 Å². The number of aryl methyl sites for hydroxylation is 1. The zero-order valence-corrected chi connectivity index (χ0v) is 18.0. The van der Waals surface area contributed by atoms with E-state index in [0.717, 1.165) is 46.9 Å². The average Bonchev–Trinajstić information content (AvgIpc) is 3.40. The second-order valence-electron chi connectivity index (χ2n) is 8.03. The topological polar surface area (TPSA) is 63.8 Å². The molecule has 0 fully saturated rings. The fourth-order valence-corrected chi connectivity index (χ4v) is 4.04. The van der Waals surface area contributed by atoms with Gasteiger partial charge in [-0.05, 0) is 29.7 Å². The molecule has 5 rings (SSSR count). The fourth-order valence-electron chi connectivity index (χ4n) is 4.04. The molecule has 160 valence electrons. The summed E-state index contributed by atoms with van der Waals surface area (Å²) in [6, 6.07) is 24.2. The number of benzene rings is 2. The van der Waals surface area contributed by atoms with Crippen molar-refractivity contribution in [3.8, 4) is 17.1 Å². The Balaban J connectivity index is 1.59. The van der Waals surface area contributed by atoms with Crippen LogP contribution < -0.4 is 5.56 Å². The second kappa shape index (κ2) is 8.71. The molecule has 0 saturated heterocycles. The third-order valence-corrected chi connectivity index (χ3v) is 5.61. The van der Waals surface area contributed by atoms with Crippen molar-refractivity contribution in [2.45, 2.75) is 32.6 Å². The molecule has 1 N–H and O–H groups in total. The van der Waals surface area contributed by atoms with Crippen molar-refractivity contribution < 1.29 is 4.42 Å². The molecule has 3 heterocycles. The van der Waals surface area contributed by atoms with Crippen molar-refractivity contribution in [1.82, 2.24) is 14.5 Å². The van der Waals surface area contributed by atoms with Gasteiger partial charge in [0.2, 0.25) is 0 Å². The monoisotopic (exact) mass is 423 g/mol. The van der Waals surface area contributed by atoms with Crippen LogP contribution in [0.15, 0.2) is 88.2 Å². The highest BCUT2D eigenvalue weighted by molar-refractivity contribution is 5.60. The molecule has 2 aliphatic rings. The number of nitrogens with one attached hydrogen (secondary N) is 1. The predicted molar refractivity (Wildman–Crippen MR) is 126 cm³/mol. The van der Waals surface area contributed by atoms with E-state index in [4.69, 9.17) is 9.40 Å². The summed E-state index contributed by atoms with van der Waals surface area (Å²) in [4.78, 5) is 21.6. The first-order valence-electron chi connectivity index (χ1n) is 11.0. The summed E-state index contributed by atoms with van der Waals surface area (Å²) in [5, 5.41) is 0. The molecule has 5 nitrogen and oxygen atoms in total. The lowest BCUT2D eigenvalue weighted by Gasteiger charge is -2.13. The minimum Gasteiger partial charge on any atom is -0.466 e. The van der Waals surface area contributed by atoms with E-state index in [1.807, 2.05) is 66.9 Å². The number of aromatic amines is 1. The molecule has 0 aliphatic carbocycles. The number of rotatable bonds is 7. The van der Waals surface area contributed by atoms with Crippen LogP contribution in [0.2, 0.25) is 0 Å². The highest BCUT2D eigenvalue weighted by atomic mass is 16.3. The molecule has 3 aromatic rings. The van der Waals surface area contributed by atoms with E-state index in [9.17, 15) is 4.79 Å². The van der Waals surface area contributed by atoms with Gasteiger partial charge in [0, 0.05) is 19.0 Å². The van der Waals surface area contributed by atoms with Gasteiger partial charge in [-0.25, -0.2) is 4.98 Å². The highest BCUT2D eigenvalue weighted by Crippen LogP contribution is 2.24. The Labute approximate surface area is 186 Å². The number of furan rings is 1. The first-order valence-corrected chi connectivity index (χ1v) is 11.0. The van der Waals surface area contributed by atoms with E-state index in [1.54, 1.807) is 4.57 Å². The van der Waals surface area contributed by atoms with Crippen molar-refractivity contribution in [3.05, 3.63) is 118 Å². The molecule has 32 heavy (non-hydrogen) atoms. The van der Waals surface area contributed by atoms with Crippen LogP contribution in [-0.2, 0) is 19.3 Å². The second-order valence-corrected chi connectivity index (χ2v) is 8.03. The standard InChI is InChI=1S/C27H25N3O2/c1-2-9-21-14-15-22(32-21)17-24-27(31)30-18-25(20-12-7-4-8-13-20)28-23(26(30)29-24)16-19-10-5-3-6-11-19/h3-8,10-15,18,28H,2,9,16-17H2,1H3. The van der Waals surface area contributed by atoms with Crippen LogP contribution >= 0.6 is 0 Å². The summed E-state index contributed by atoms with van der Waals surface area (Å²) < 4.78 is 7.57. The number of nitrogens with zero attached hydrogens (tertiary/aromatic N) is 2. The number of hydrogen-bond acceptors (Lipinski definition) is 3. The lowest BCUT2D eigenvalue weighted by Crippen LogP contribution is -2.17. The van der Waals surface area contributed by atoms with Gasteiger partial charge < -0.3 is 9.40 Å². The first kappa shape index (κ1) is 20.1. The van der Waals surface area contributed by atoms with Gasteiger partial charge in [0.25, 0.3) is 5.56 Å². The zero-order chi connectivity index (χ0) is 21.9. The molecule has 0 saturated carbocycles. The number of hydrogen-bond donors (Lipinski definition) is 1. The van der Waals surface area contributed by atoms with Gasteiger partial charge in [0.05, 0.1) is 17.8 Å². The normalized spacial score (nSPS) is 11.3. The maximum Gasteiger partial charge on any atom is 0.278 e. The minimum absolute atomic E-state index is 0.103. The fraction of sp³-hybridized carbons (Fsp3) is 0.185. The van der Waals surface area contributed by atoms with Crippen molar-refractivity contribution in [2.24, 2.45) is 0 Å². The van der Waals surface area contributed by atoms with Crippen LogP contribution in [0.5, 0.6) is 0 Å². The van der Waals surface area contributed by atoms with Gasteiger partial charge in [0.1, 0.15) is 17.2 Å². The predicted octanol–water partition coefficient (Wildman–Crippen LogP) is 5.39. The molecule has 1 aromatic heterocycles. The van der Waals surface area contributed by atoms with Crippen LogP contribution in [0.1, 0.15) is 41.8 Å². The third kappa shape index (κ3) is 4.02. The van der Waals surface area contributed by atoms with Crippen LogP contribution in [0.4, 0.5) is 0 Å². The highest BCUT2D eigenvalue weighted by Gasteiger charge is 2.21. The molecule has 2 aromatic carbocycles. The Kier molecular flexibility index (Phi) is 5.46. The van der Waals surface area contributed by atoms with E-state index in [1.165, 1.54) is 0 Å². The zero-order valence-electron chi connectivity index (χ0n) is 18.0. The molecule has 0 amide bonds. The molecule has 5 heteroatoms. The largest absolute Gasteiger partial charge is 0.466 e. The molecule has 0 radical (unpaired) electrons. The Morgan fingerprint density at radius 1 is 0.906 bits per heavy atom. The van der Waals surface area contributed by atoms with Crippen molar-refractivity contribution in [3.63, 3.8) is 0 Å². The van der Waals surface area contributed by atoms with Crippen molar-refractivity contribution >= 4 is 0 Å². The quantitative estimate of drug-likeness (QED) is 0.382. The average molecular weight is 424 g/mol. The molecule has 0 spiro atoms. The minimum atomic E-state index is -0.103. The third-order valence-electron chi connectivity index (χ3n) is 5.61. The Hall–Kier alpha value is -3.86. The van der Waals surface area contributed by atoms with Gasteiger partial charge in [-0.2, -0.15) is 0 Å². The molecule has 0 unspecified atom stereocenters. The summed E-state index contributed by atoms with van der Waals surface area (Å²) in [7, 11) is 0.